The van der Waals surface area contributed by atoms with E-state index in [0.717, 1.165) is 33.8 Å². The van der Waals surface area contributed by atoms with E-state index in [1.54, 1.807) is 0 Å². The lowest BCUT2D eigenvalue weighted by Gasteiger charge is -2.13. The summed E-state index contributed by atoms with van der Waals surface area (Å²) in [4.78, 5) is 32.6. The molecule has 26 heavy (non-hydrogen) atoms. The van der Waals surface area contributed by atoms with E-state index in [9.17, 15) is 9.59 Å². The highest BCUT2D eigenvalue weighted by Gasteiger charge is 2.11. The number of rotatable bonds is 6. The summed E-state index contributed by atoms with van der Waals surface area (Å²) in [5.41, 5.74) is 5.69. The Labute approximate surface area is 158 Å². The number of thioether (sulfide) groups is 1. The minimum atomic E-state index is -0.249. The topological polar surface area (TPSA) is 84.0 Å². The molecule has 0 aliphatic heterocycles. The molecule has 0 spiro atoms. The normalized spacial score (nSPS) is 10.5. The van der Waals surface area contributed by atoms with Gasteiger partial charge in [0.2, 0.25) is 11.8 Å². The van der Waals surface area contributed by atoms with Crippen molar-refractivity contribution in [2.75, 3.05) is 17.6 Å². The number of hydrogen-bond acceptors (Lipinski definition) is 5. The fourth-order valence-corrected chi connectivity index (χ4v) is 3.46. The Morgan fingerprint density at radius 1 is 0.923 bits per heavy atom. The highest BCUT2D eigenvalue weighted by atomic mass is 32.2. The Hall–Kier alpha value is -2.41. The number of anilines is 1. The van der Waals surface area contributed by atoms with Crippen molar-refractivity contribution in [1.29, 1.82) is 0 Å². The summed E-state index contributed by atoms with van der Waals surface area (Å²) in [6, 6.07) is 5.91. The fraction of sp³-hybridized carbons (Fsp3) is 0.368. The van der Waals surface area contributed by atoms with Gasteiger partial charge in [-0.05, 0) is 51.8 Å². The van der Waals surface area contributed by atoms with Gasteiger partial charge < -0.3 is 10.6 Å². The van der Waals surface area contributed by atoms with Gasteiger partial charge in [0.1, 0.15) is 0 Å². The Morgan fingerprint density at radius 2 is 1.50 bits per heavy atom. The van der Waals surface area contributed by atoms with E-state index in [1.807, 2.05) is 52.8 Å². The van der Waals surface area contributed by atoms with Crippen molar-refractivity contribution in [3.8, 4) is 0 Å². The van der Waals surface area contributed by atoms with Gasteiger partial charge in [0, 0.05) is 17.1 Å². The first-order valence-corrected chi connectivity index (χ1v) is 9.32. The van der Waals surface area contributed by atoms with Gasteiger partial charge in [0.25, 0.3) is 0 Å². The van der Waals surface area contributed by atoms with Crippen LogP contribution >= 0.6 is 11.8 Å². The van der Waals surface area contributed by atoms with Gasteiger partial charge in [0.05, 0.1) is 12.3 Å². The second kappa shape index (κ2) is 8.80. The molecular weight excluding hydrogens is 348 g/mol. The molecule has 0 aliphatic rings. The van der Waals surface area contributed by atoms with Crippen LogP contribution in [-0.2, 0) is 9.59 Å². The van der Waals surface area contributed by atoms with E-state index >= 15 is 0 Å². The van der Waals surface area contributed by atoms with E-state index in [0.29, 0.717) is 5.16 Å². The molecule has 0 radical (unpaired) electrons. The monoisotopic (exact) mass is 372 g/mol. The standard InChI is InChI=1S/C19H24N4O2S/c1-11-6-12(2)18(13(3)7-11)23-16(24)9-20-17(25)10-26-19-21-14(4)8-15(5)22-19/h6-8H,9-10H2,1-5H3,(H,20,25)(H,23,24). The molecule has 0 unspecified atom stereocenters. The molecule has 6 nitrogen and oxygen atoms in total. The van der Waals surface area contributed by atoms with Crippen molar-refractivity contribution in [3.05, 3.63) is 46.3 Å². The van der Waals surface area contributed by atoms with Crippen LogP contribution in [0.4, 0.5) is 5.69 Å². The Morgan fingerprint density at radius 3 is 2.08 bits per heavy atom. The zero-order valence-corrected chi connectivity index (χ0v) is 16.6. The van der Waals surface area contributed by atoms with Gasteiger partial charge in [-0.2, -0.15) is 0 Å². The molecule has 0 fully saturated rings. The fourth-order valence-electron chi connectivity index (χ4n) is 2.68. The second-order valence-electron chi connectivity index (χ2n) is 6.32. The zero-order valence-electron chi connectivity index (χ0n) is 15.8. The number of nitrogens with zero attached hydrogens (tertiary/aromatic N) is 2. The molecule has 1 aromatic heterocycles. The number of nitrogens with one attached hydrogen (secondary N) is 2. The minimum absolute atomic E-state index is 0.0696. The molecule has 2 rings (SSSR count). The maximum Gasteiger partial charge on any atom is 0.243 e. The number of amides is 2. The molecule has 1 heterocycles. The molecule has 2 amide bonds. The molecule has 2 N–H and O–H groups in total. The average molecular weight is 372 g/mol. The van der Waals surface area contributed by atoms with E-state index < -0.39 is 0 Å². The quantitative estimate of drug-likeness (QED) is 0.602. The molecule has 1 aromatic carbocycles. The van der Waals surface area contributed by atoms with Gasteiger partial charge in [-0.15, -0.1) is 0 Å². The Kier molecular flexibility index (Phi) is 6.74. The average Bonchev–Trinajstić information content (AvgIpc) is 2.53. The van der Waals surface area contributed by atoms with Gasteiger partial charge in [-0.3, -0.25) is 9.59 Å². The summed E-state index contributed by atoms with van der Waals surface area (Å²) in [6.45, 7) is 9.63. The van der Waals surface area contributed by atoms with E-state index in [2.05, 4.69) is 20.6 Å². The van der Waals surface area contributed by atoms with Crippen LogP contribution in [0.2, 0.25) is 0 Å². The number of carbonyl (C=O) groups excluding carboxylic acids is 2. The highest BCUT2D eigenvalue weighted by Crippen LogP contribution is 2.21. The first-order chi connectivity index (χ1) is 12.2. The maximum absolute atomic E-state index is 12.1. The minimum Gasteiger partial charge on any atom is -0.346 e. The van der Waals surface area contributed by atoms with Crippen molar-refractivity contribution >= 4 is 29.3 Å². The second-order valence-corrected chi connectivity index (χ2v) is 7.26. The molecule has 138 valence electrons. The molecule has 0 saturated heterocycles. The Balaban J connectivity index is 1.82. The van der Waals surface area contributed by atoms with Crippen LogP contribution in [0.25, 0.3) is 0 Å². The largest absolute Gasteiger partial charge is 0.346 e. The summed E-state index contributed by atoms with van der Waals surface area (Å²) in [5, 5.41) is 6.05. The molecule has 0 aliphatic carbocycles. The third kappa shape index (κ3) is 5.84. The van der Waals surface area contributed by atoms with Crippen LogP contribution in [0, 0.1) is 34.6 Å². The van der Waals surface area contributed by atoms with E-state index in [4.69, 9.17) is 0 Å². The molecule has 7 heteroatoms. The lowest BCUT2D eigenvalue weighted by Crippen LogP contribution is -2.34. The van der Waals surface area contributed by atoms with Crippen LogP contribution < -0.4 is 10.6 Å². The highest BCUT2D eigenvalue weighted by molar-refractivity contribution is 7.99. The van der Waals surface area contributed by atoms with E-state index in [1.165, 1.54) is 11.8 Å². The molecule has 0 bridgehead atoms. The summed E-state index contributed by atoms with van der Waals surface area (Å²) in [6.07, 6.45) is 0. The van der Waals surface area contributed by atoms with Crippen LogP contribution in [0.3, 0.4) is 0 Å². The first kappa shape index (κ1) is 19.9. The van der Waals surface area contributed by atoms with Crippen LogP contribution in [-0.4, -0.2) is 34.1 Å². The summed E-state index contributed by atoms with van der Waals surface area (Å²) >= 11 is 1.25. The lowest BCUT2D eigenvalue weighted by atomic mass is 10.1. The number of benzene rings is 1. The molecular formula is C19H24N4O2S. The van der Waals surface area contributed by atoms with Crippen LogP contribution in [0.1, 0.15) is 28.1 Å². The predicted octanol–water partition coefficient (Wildman–Crippen LogP) is 2.87. The van der Waals surface area contributed by atoms with Crippen molar-refractivity contribution in [3.63, 3.8) is 0 Å². The zero-order chi connectivity index (χ0) is 19.3. The summed E-state index contributed by atoms with van der Waals surface area (Å²) in [7, 11) is 0. The third-order valence-corrected chi connectivity index (χ3v) is 4.53. The Bertz CT molecular complexity index is 793. The molecule has 0 atom stereocenters. The van der Waals surface area contributed by atoms with E-state index in [-0.39, 0.29) is 24.1 Å². The number of aromatic nitrogens is 2. The van der Waals surface area contributed by atoms with Crippen molar-refractivity contribution in [2.24, 2.45) is 0 Å². The lowest BCUT2D eigenvalue weighted by molar-refractivity contribution is -0.122. The summed E-state index contributed by atoms with van der Waals surface area (Å²) < 4.78 is 0. The number of hydrogen-bond donors (Lipinski definition) is 2. The smallest absolute Gasteiger partial charge is 0.243 e. The van der Waals surface area contributed by atoms with Gasteiger partial charge in [-0.1, -0.05) is 29.5 Å². The van der Waals surface area contributed by atoms with Crippen molar-refractivity contribution < 1.29 is 9.59 Å². The van der Waals surface area contributed by atoms with Crippen LogP contribution in [0.15, 0.2) is 23.4 Å². The van der Waals surface area contributed by atoms with Gasteiger partial charge in [0.15, 0.2) is 5.16 Å². The maximum atomic E-state index is 12.1. The summed E-state index contributed by atoms with van der Waals surface area (Å²) in [5.74, 6) is -0.315. The van der Waals surface area contributed by atoms with Crippen LogP contribution in [0.5, 0.6) is 0 Å². The van der Waals surface area contributed by atoms with Crippen molar-refractivity contribution in [1.82, 2.24) is 15.3 Å². The number of aryl methyl sites for hydroxylation is 5. The first-order valence-electron chi connectivity index (χ1n) is 8.34. The molecule has 0 saturated carbocycles. The SMILES string of the molecule is Cc1cc(C)c(NC(=O)CNC(=O)CSc2nc(C)cc(C)n2)c(C)c1. The third-order valence-electron chi connectivity index (χ3n) is 3.68. The number of carbonyl (C=O) groups is 2. The molecule has 2 aromatic rings. The predicted molar refractivity (Wildman–Crippen MR) is 105 cm³/mol. The van der Waals surface area contributed by atoms with Gasteiger partial charge >= 0.3 is 0 Å². The van der Waals surface area contributed by atoms with Crippen molar-refractivity contribution in [2.45, 2.75) is 39.8 Å². The van der Waals surface area contributed by atoms with Gasteiger partial charge in [-0.25, -0.2) is 9.97 Å².